The Bertz CT molecular complexity index is 390. The lowest BCUT2D eigenvalue weighted by molar-refractivity contribution is 0.00990. The van der Waals surface area contributed by atoms with Gasteiger partial charge in [-0.1, -0.05) is 12.8 Å². The second-order valence-corrected chi connectivity index (χ2v) is 7.75. The van der Waals surface area contributed by atoms with E-state index < -0.39 is 0 Å². The number of hydrogen-bond acceptors (Lipinski definition) is 4. The molecule has 0 aliphatic carbocycles. The summed E-state index contributed by atoms with van der Waals surface area (Å²) in [5, 5.41) is 3.48. The highest BCUT2D eigenvalue weighted by molar-refractivity contribution is 5.80. The number of nitrogens with zero attached hydrogens (tertiary/aromatic N) is 3. The van der Waals surface area contributed by atoms with Crippen LogP contribution in [0.1, 0.15) is 58.3 Å². The van der Waals surface area contributed by atoms with E-state index in [1.165, 1.54) is 45.3 Å². The lowest BCUT2D eigenvalue weighted by Crippen LogP contribution is -2.47. The Morgan fingerprint density at radius 1 is 1.00 bits per heavy atom. The van der Waals surface area contributed by atoms with Crippen molar-refractivity contribution < 1.29 is 9.47 Å². The van der Waals surface area contributed by atoms with Crippen molar-refractivity contribution in [2.24, 2.45) is 4.99 Å². The molecule has 2 aliphatic rings. The molecule has 27 heavy (non-hydrogen) atoms. The van der Waals surface area contributed by atoms with E-state index in [0.29, 0.717) is 6.10 Å². The second kappa shape index (κ2) is 14.2. The van der Waals surface area contributed by atoms with Crippen LogP contribution in [0.4, 0.5) is 0 Å². The third kappa shape index (κ3) is 9.26. The molecule has 0 atom stereocenters. The average molecular weight is 383 g/mol. The molecule has 0 aromatic heterocycles. The number of likely N-dealkylation sites (tertiary alicyclic amines) is 2. The van der Waals surface area contributed by atoms with Gasteiger partial charge in [-0.2, -0.15) is 0 Å². The highest BCUT2D eigenvalue weighted by Gasteiger charge is 2.21. The normalized spacial score (nSPS) is 20.7. The zero-order valence-corrected chi connectivity index (χ0v) is 17.8. The summed E-state index contributed by atoms with van der Waals surface area (Å²) in [5.74, 6) is 1.09. The number of hydrogen-bond donors (Lipinski definition) is 1. The molecule has 0 spiro atoms. The number of rotatable bonds is 10. The minimum absolute atomic E-state index is 0.393. The topological polar surface area (TPSA) is 49.3 Å². The van der Waals surface area contributed by atoms with E-state index in [1.54, 1.807) is 7.11 Å². The summed E-state index contributed by atoms with van der Waals surface area (Å²) >= 11 is 0. The van der Waals surface area contributed by atoms with Crippen LogP contribution in [0.15, 0.2) is 4.99 Å². The molecule has 0 unspecified atom stereocenters. The van der Waals surface area contributed by atoms with Gasteiger partial charge in [0.2, 0.25) is 0 Å². The predicted octanol–water partition coefficient (Wildman–Crippen LogP) is 2.74. The molecule has 0 amide bonds. The van der Waals surface area contributed by atoms with E-state index in [9.17, 15) is 0 Å². The molecule has 1 N–H and O–H groups in total. The Hall–Kier alpha value is -0.850. The SMILES string of the molecule is CCNC(=NCCCN1CCCCCC1)N1CCC(OCCCOC)CC1. The number of methoxy groups -OCH3 is 1. The average Bonchev–Trinajstić information content (AvgIpc) is 2.97. The van der Waals surface area contributed by atoms with E-state index >= 15 is 0 Å². The maximum absolute atomic E-state index is 5.98. The smallest absolute Gasteiger partial charge is 0.193 e. The Kier molecular flexibility index (Phi) is 11.8. The third-order valence-corrected chi connectivity index (χ3v) is 5.52. The highest BCUT2D eigenvalue weighted by atomic mass is 16.5. The van der Waals surface area contributed by atoms with Gasteiger partial charge in [-0.25, -0.2) is 0 Å². The van der Waals surface area contributed by atoms with Gasteiger partial charge in [-0.05, 0) is 65.1 Å². The zero-order chi connectivity index (χ0) is 19.2. The molecular weight excluding hydrogens is 340 g/mol. The van der Waals surface area contributed by atoms with Gasteiger partial charge in [-0.15, -0.1) is 0 Å². The Morgan fingerprint density at radius 3 is 2.41 bits per heavy atom. The summed E-state index contributed by atoms with van der Waals surface area (Å²) in [6.07, 6.45) is 10.3. The minimum atomic E-state index is 0.393. The van der Waals surface area contributed by atoms with Crippen LogP contribution < -0.4 is 5.32 Å². The quantitative estimate of drug-likeness (QED) is 0.358. The van der Waals surface area contributed by atoms with Crippen molar-refractivity contribution in [1.82, 2.24) is 15.1 Å². The molecule has 0 bridgehead atoms. The molecule has 6 heteroatoms. The zero-order valence-electron chi connectivity index (χ0n) is 17.8. The van der Waals surface area contributed by atoms with Gasteiger partial charge >= 0.3 is 0 Å². The number of aliphatic imine (C=N–C) groups is 1. The van der Waals surface area contributed by atoms with Crippen LogP contribution in [-0.2, 0) is 9.47 Å². The van der Waals surface area contributed by atoms with Crippen molar-refractivity contribution in [3.63, 3.8) is 0 Å². The van der Waals surface area contributed by atoms with Gasteiger partial charge in [0.1, 0.15) is 0 Å². The van der Waals surface area contributed by atoms with Crippen LogP contribution in [0, 0.1) is 0 Å². The molecule has 0 radical (unpaired) electrons. The van der Waals surface area contributed by atoms with Crippen molar-refractivity contribution in [3.05, 3.63) is 0 Å². The minimum Gasteiger partial charge on any atom is -0.385 e. The molecule has 2 aliphatic heterocycles. The van der Waals surface area contributed by atoms with Crippen molar-refractivity contribution in [2.75, 3.05) is 66.1 Å². The predicted molar refractivity (Wildman–Crippen MR) is 113 cm³/mol. The van der Waals surface area contributed by atoms with Gasteiger partial charge in [0.05, 0.1) is 6.10 Å². The summed E-state index contributed by atoms with van der Waals surface area (Å²) < 4.78 is 11.1. The van der Waals surface area contributed by atoms with E-state index in [1.807, 2.05) is 0 Å². The van der Waals surface area contributed by atoms with Crippen LogP contribution in [-0.4, -0.2) is 88.0 Å². The monoisotopic (exact) mass is 382 g/mol. The number of ether oxygens (including phenoxy) is 2. The number of guanidine groups is 1. The number of nitrogens with one attached hydrogen (secondary N) is 1. The van der Waals surface area contributed by atoms with Crippen LogP contribution >= 0.6 is 0 Å². The second-order valence-electron chi connectivity index (χ2n) is 7.75. The Balaban J connectivity index is 1.67. The number of piperidine rings is 1. The van der Waals surface area contributed by atoms with E-state index in [2.05, 4.69) is 22.0 Å². The maximum Gasteiger partial charge on any atom is 0.193 e. The fourth-order valence-corrected chi connectivity index (χ4v) is 3.95. The molecule has 158 valence electrons. The first-order chi connectivity index (χ1) is 13.3. The highest BCUT2D eigenvalue weighted by Crippen LogP contribution is 2.14. The fourth-order valence-electron chi connectivity index (χ4n) is 3.95. The van der Waals surface area contributed by atoms with Crippen molar-refractivity contribution >= 4 is 5.96 Å². The first kappa shape index (κ1) is 22.4. The fraction of sp³-hybridized carbons (Fsp3) is 0.952. The summed E-state index contributed by atoms with van der Waals surface area (Å²) in [6.45, 7) is 11.4. The maximum atomic E-state index is 5.98. The molecule has 0 aromatic carbocycles. The van der Waals surface area contributed by atoms with Crippen LogP contribution in [0.5, 0.6) is 0 Å². The first-order valence-corrected chi connectivity index (χ1v) is 11.2. The molecule has 2 heterocycles. The lowest BCUT2D eigenvalue weighted by Gasteiger charge is -2.34. The summed E-state index contributed by atoms with van der Waals surface area (Å²) in [5.41, 5.74) is 0. The van der Waals surface area contributed by atoms with E-state index in [4.69, 9.17) is 14.5 Å². The molecule has 2 rings (SSSR count). The van der Waals surface area contributed by atoms with Crippen molar-refractivity contribution in [2.45, 2.75) is 64.4 Å². The standard InChI is InChI=1S/C21H42N4O2/c1-3-22-21(23-12-8-15-24-13-6-4-5-7-14-24)25-16-10-20(11-17-25)27-19-9-18-26-2/h20H,3-19H2,1-2H3,(H,22,23). The molecule has 0 saturated carbocycles. The molecule has 2 fully saturated rings. The van der Waals surface area contributed by atoms with E-state index in [0.717, 1.165) is 71.0 Å². The van der Waals surface area contributed by atoms with Gasteiger partial charge in [-0.3, -0.25) is 4.99 Å². The largest absolute Gasteiger partial charge is 0.385 e. The molecular formula is C21H42N4O2. The van der Waals surface area contributed by atoms with E-state index in [-0.39, 0.29) is 0 Å². The lowest BCUT2D eigenvalue weighted by atomic mass is 10.1. The molecule has 0 aromatic rings. The van der Waals surface area contributed by atoms with Gasteiger partial charge in [0.25, 0.3) is 0 Å². The molecule has 2 saturated heterocycles. The third-order valence-electron chi connectivity index (χ3n) is 5.52. The van der Waals surface area contributed by atoms with Crippen molar-refractivity contribution in [3.8, 4) is 0 Å². The first-order valence-electron chi connectivity index (χ1n) is 11.2. The Labute approximate surface area is 166 Å². The van der Waals surface area contributed by atoms with Crippen LogP contribution in [0.25, 0.3) is 0 Å². The summed E-state index contributed by atoms with van der Waals surface area (Å²) in [4.78, 5) is 9.94. The van der Waals surface area contributed by atoms with Crippen molar-refractivity contribution in [1.29, 1.82) is 0 Å². The van der Waals surface area contributed by atoms with Gasteiger partial charge in [0.15, 0.2) is 5.96 Å². The Morgan fingerprint density at radius 2 is 1.74 bits per heavy atom. The van der Waals surface area contributed by atoms with Gasteiger partial charge < -0.3 is 24.6 Å². The summed E-state index contributed by atoms with van der Waals surface area (Å²) in [7, 11) is 1.74. The summed E-state index contributed by atoms with van der Waals surface area (Å²) in [6, 6.07) is 0. The van der Waals surface area contributed by atoms with Crippen LogP contribution in [0.2, 0.25) is 0 Å². The van der Waals surface area contributed by atoms with Gasteiger partial charge in [0, 0.05) is 46.5 Å². The van der Waals surface area contributed by atoms with Crippen LogP contribution in [0.3, 0.4) is 0 Å². The molecule has 6 nitrogen and oxygen atoms in total.